The van der Waals surface area contributed by atoms with Crippen molar-refractivity contribution in [2.45, 2.75) is 26.4 Å². The van der Waals surface area contributed by atoms with Crippen molar-refractivity contribution in [3.05, 3.63) is 59.8 Å². The van der Waals surface area contributed by atoms with E-state index in [1.807, 2.05) is 18.3 Å². The van der Waals surface area contributed by atoms with Crippen LogP contribution in [0.2, 0.25) is 0 Å². The number of nitrogens with two attached hydrogens (primary N) is 1. The Labute approximate surface area is 147 Å². The SMILES string of the molecule is CCOCCC[NH2+]CC(=O)N(Cc1ccc(F)cc1)Cc1ccco1. The maximum atomic E-state index is 13.1. The monoisotopic (exact) mass is 349 g/mol. The zero-order valence-corrected chi connectivity index (χ0v) is 14.6. The van der Waals surface area contributed by atoms with Gasteiger partial charge in [-0.1, -0.05) is 12.1 Å². The Morgan fingerprint density at radius 3 is 2.72 bits per heavy atom. The number of amides is 1. The van der Waals surface area contributed by atoms with E-state index in [0.29, 0.717) is 32.8 Å². The molecule has 0 fully saturated rings. The summed E-state index contributed by atoms with van der Waals surface area (Å²) in [5.74, 6) is 0.472. The number of hydrogen-bond acceptors (Lipinski definition) is 3. The minimum absolute atomic E-state index is 0.0251. The summed E-state index contributed by atoms with van der Waals surface area (Å²) >= 11 is 0. The van der Waals surface area contributed by atoms with Crippen molar-refractivity contribution in [3.8, 4) is 0 Å². The standard InChI is InChI=1S/C19H25FN2O3/c1-2-24-11-4-10-21-13-19(23)22(15-18-5-3-12-25-18)14-16-6-8-17(20)9-7-16/h3,5-9,12,21H,2,4,10-11,13-15H2,1H3/p+1. The van der Waals surface area contributed by atoms with Crippen LogP contribution in [0, 0.1) is 5.82 Å². The van der Waals surface area contributed by atoms with Crippen molar-refractivity contribution in [2.75, 3.05) is 26.3 Å². The summed E-state index contributed by atoms with van der Waals surface area (Å²) in [5, 5.41) is 1.99. The molecule has 1 amide bonds. The van der Waals surface area contributed by atoms with Crippen molar-refractivity contribution < 1.29 is 23.7 Å². The summed E-state index contributed by atoms with van der Waals surface area (Å²) in [5.41, 5.74) is 0.887. The van der Waals surface area contributed by atoms with Gasteiger partial charge in [-0.2, -0.15) is 0 Å². The summed E-state index contributed by atoms with van der Waals surface area (Å²) in [6, 6.07) is 9.86. The molecular weight excluding hydrogens is 323 g/mol. The first kappa shape index (κ1) is 19.1. The average Bonchev–Trinajstić information content (AvgIpc) is 3.12. The quantitative estimate of drug-likeness (QED) is 0.631. The van der Waals surface area contributed by atoms with Gasteiger partial charge in [0.05, 0.1) is 26.0 Å². The van der Waals surface area contributed by atoms with Crippen LogP contribution in [0.5, 0.6) is 0 Å². The van der Waals surface area contributed by atoms with Crippen LogP contribution in [0.15, 0.2) is 47.1 Å². The lowest BCUT2D eigenvalue weighted by atomic mass is 10.2. The van der Waals surface area contributed by atoms with E-state index in [1.165, 1.54) is 12.1 Å². The molecule has 1 aromatic heterocycles. The topological polar surface area (TPSA) is 59.3 Å². The molecule has 5 nitrogen and oxygen atoms in total. The fraction of sp³-hybridized carbons (Fsp3) is 0.421. The van der Waals surface area contributed by atoms with Gasteiger partial charge in [-0.3, -0.25) is 4.79 Å². The minimum atomic E-state index is -0.282. The van der Waals surface area contributed by atoms with Gasteiger partial charge in [0, 0.05) is 19.6 Å². The van der Waals surface area contributed by atoms with E-state index < -0.39 is 0 Å². The number of hydrogen-bond donors (Lipinski definition) is 1. The summed E-state index contributed by atoms with van der Waals surface area (Å²) in [4.78, 5) is 14.3. The Hall–Kier alpha value is -2.18. The van der Waals surface area contributed by atoms with Gasteiger partial charge >= 0.3 is 0 Å². The highest BCUT2D eigenvalue weighted by atomic mass is 19.1. The van der Waals surface area contributed by atoms with E-state index in [0.717, 1.165) is 24.3 Å². The van der Waals surface area contributed by atoms with E-state index in [9.17, 15) is 9.18 Å². The Balaban J connectivity index is 1.88. The lowest BCUT2D eigenvalue weighted by Gasteiger charge is -2.21. The first-order valence-corrected chi connectivity index (χ1v) is 8.63. The fourth-order valence-electron chi connectivity index (χ4n) is 2.46. The van der Waals surface area contributed by atoms with Crippen LogP contribution in [0.4, 0.5) is 4.39 Å². The lowest BCUT2D eigenvalue weighted by Crippen LogP contribution is -2.86. The molecule has 2 aromatic rings. The van der Waals surface area contributed by atoms with E-state index in [1.54, 1.807) is 29.4 Å². The van der Waals surface area contributed by atoms with Crippen molar-refractivity contribution in [3.63, 3.8) is 0 Å². The van der Waals surface area contributed by atoms with Crippen LogP contribution in [0.1, 0.15) is 24.7 Å². The molecule has 0 bridgehead atoms. The smallest absolute Gasteiger partial charge is 0.278 e. The van der Waals surface area contributed by atoms with Crippen LogP contribution in [0.3, 0.4) is 0 Å². The van der Waals surface area contributed by atoms with Crippen molar-refractivity contribution >= 4 is 5.91 Å². The van der Waals surface area contributed by atoms with Crippen molar-refractivity contribution in [1.82, 2.24) is 4.90 Å². The molecule has 0 saturated heterocycles. The highest BCUT2D eigenvalue weighted by molar-refractivity contribution is 5.76. The molecule has 136 valence electrons. The molecule has 0 atom stereocenters. The van der Waals surface area contributed by atoms with Gasteiger partial charge in [0.2, 0.25) is 0 Å². The number of benzene rings is 1. The van der Waals surface area contributed by atoms with Crippen molar-refractivity contribution in [2.24, 2.45) is 0 Å². The van der Waals surface area contributed by atoms with E-state index >= 15 is 0 Å². The highest BCUT2D eigenvalue weighted by Crippen LogP contribution is 2.11. The van der Waals surface area contributed by atoms with Crippen LogP contribution in [0.25, 0.3) is 0 Å². The third-order valence-electron chi connectivity index (χ3n) is 3.79. The van der Waals surface area contributed by atoms with Crippen LogP contribution in [-0.2, 0) is 22.6 Å². The van der Waals surface area contributed by atoms with Crippen molar-refractivity contribution in [1.29, 1.82) is 0 Å². The first-order chi connectivity index (χ1) is 12.2. The molecule has 0 aliphatic rings. The van der Waals surface area contributed by atoms with Gasteiger partial charge in [0.1, 0.15) is 11.6 Å². The Kier molecular flexibility index (Phi) is 8.15. The molecule has 0 aliphatic carbocycles. The van der Waals surface area contributed by atoms with E-state index in [4.69, 9.17) is 9.15 Å². The van der Waals surface area contributed by atoms with Gasteiger partial charge in [-0.25, -0.2) is 4.39 Å². The number of carbonyl (C=O) groups is 1. The number of quaternary nitrogens is 1. The molecule has 2 rings (SSSR count). The second kappa shape index (κ2) is 10.6. The largest absolute Gasteiger partial charge is 0.467 e. The zero-order chi connectivity index (χ0) is 17.9. The second-order valence-electron chi connectivity index (χ2n) is 5.79. The normalized spacial score (nSPS) is 10.8. The summed E-state index contributed by atoms with van der Waals surface area (Å²) in [6.45, 7) is 5.43. The Morgan fingerprint density at radius 1 is 1.24 bits per heavy atom. The molecule has 0 radical (unpaired) electrons. The lowest BCUT2D eigenvalue weighted by molar-refractivity contribution is -0.645. The highest BCUT2D eigenvalue weighted by Gasteiger charge is 2.17. The summed E-state index contributed by atoms with van der Waals surface area (Å²) < 4.78 is 23.7. The van der Waals surface area contributed by atoms with Gasteiger partial charge in [-0.15, -0.1) is 0 Å². The number of nitrogens with zero attached hydrogens (tertiary/aromatic N) is 1. The third-order valence-corrected chi connectivity index (χ3v) is 3.79. The maximum absolute atomic E-state index is 13.1. The van der Waals surface area contributed by atoms with Gasteiger partial charge < -0.3 is 19.4 Å². The van der Waals surface area contributed by atoms with Crippen LogP contribution in [-0.4, -0.2) is 37.1 Å². The summed E-state index contributed by atoms with van der Waals surface area (Å²) in [6.07, 6.45) is 2.51. The molecular formula is C19H26FN2O3+. The molecule has 0 spiro atoms. The first-order valence-electron chi connectivity index (χ1n) is 8.63. The number of rotatable bonds is 11. The summed E-state index contributed by atoms with van der Waals surface area (Å²) in [7, 11) is 0. The average molecular weight is 349 g/mol. The molecule has 1 heterocycles. The number of halogens is 1. The predicted octanol–water partition coefficient (Wildman–Crippen LogP) is 1.94. The third kappa shape index (κ3) is 7.07. The Morgan fingerprint density at radius 2 is 2.04 bits per heavy atom. The van der Waals surface area contributed by atoms with Crippen LogP contribution >= 0.6 is 0 Å². The molecule has 25 heavy (non-hydrogen) atoms. The molecule has 1 aromatic carbocycles. The molecule has 6 heteroatoms. The predicted molar refractivity (Wildman–Crippen MR) is 92.1 cm³/mol. The van der Waals surface area contributed by atoms with Gasteiger partial charge in [0.15, 0.2) is 6.54 Å². The number of furan rings is 1. The van der Waals surface area contributed by atoms with Crippen LogP contribution < -0.4 is 5.32 Å². The molecule has 0 saturated carbocycles. The molecule has 0 aliphatic heterocycles. The molecule has 0 unspecified atom stereocenters. The fourth-order valence-corrected chi connectivity index (χ4v) is 2.46. The number of ether oxygens (including phenoxy) is 1. The van der Waals surface area contributed by atoms with Gasteiger partial charge in [0.25, 0.3) is 5.91 Å². The molecule has 2 N–H and O–H groups in total. The van der Waals surface area contributed by atoms with E-state index in [2.05, 4.69) is 0 Å². The van der Waals surface area contributed by atoms with E-state index in [-0.39, 0.29) is 11.7 Å². The zero-order valence-electron chi connectivity index (χ0n) is 14.6. The minimum Gasteiger partial charge on any atom is -0.467 e. The second-order valence-corrected chi connectivity index (χ2v) is 5.79. The maximum Gasteiger partial charge on any atom is 0.278 e. The van der Waals surface area contributed by atoms with Gasteiger partial charge in [-0.05, 0) is 36.8 Å². The Bertz CT molecular complexity index is 614. The number of carbonyl (C=O) groups excluding carboxylic acids is 1.